The lowest BCUT2D eigenvalue weighted by atomic mass is 9.61. The Labute approximate surface area is 339 Å². The van der Waals surface area contributed by atoms with Crippen LogP contribution >= 0.6 is 0 Å². The third kappa shape index (κ3) is 4.07. The van der Waals surface area contributed by atoms with Gasteiger partial charge in [0.2, 0.25) is 0 Å². The minimum Gasteiger partial charge on any atom is -0.382 e. The van der Waals surface area contributed by atoms with Crippen molar-refractivity contribution >= 4 is 27.5 Å². The predicted molar refractivity (Wildman–Crippen MR) is 234 cm³/mol. The van der Waals surface area contributed by atoms with Gasteiger partial charge in [-0.05, 0) is 107 Å². The van der Waals surface area contributed by atoms with E-state index >= 15 is 0 Å². The van der Waals surface area contributed by atoms with E-state index in [1.807, 2.05) is 0 Å². The Balaban J connectivity index is 0.881. The second-order valence-corrected chi connectivity index (χ2v) is 17.6. The first-order chi connectivity index (χ1) is 28.6. The van der Waals surface area contributed by atoms with E-state index in [0.717, 1.165) is 23.5 Å². The van der Waals surface area contributed by atoms with Crippen LogP contribution in [0.1, 0.15) is 48.8 Å². The van der Waals surface area contributed by atoms with Crippen molar-refractivity contribution < 1.29 is 0 Å². The highest BCUT2D eigenvalue weighted by atomic mass is 15.5. The first-order valence-electron chi connectivity index (χ1n) is 21.3. The van der Waals surface area contributed by atoms with Crippen molar-refractivity contribution in [3.8, 4) is 27.9 Å². The number of fused-ring (bicyclic) bond motifs is 17. The van der Waals surface area contributed by atoms with Gasteiger partial charge in [0.05, 0.1) is 22.8 Å². The number of nitrogens with zero attached hydrogens (tertiary/aromatic N) is 3. The summed E-state index contributed by atoms with van der Waals surface area (Å²) in [7, 11) is 0. The Kier molecular flexibility index (Phi) is 6.66. The zero-order valence-corrected chi connectivity index (χ0v) is 32.4. The lowest BCUT2D eigenvalue weighted by Crippen LogP contribution is -2.60. The summed E-state index contributed by atoms with van der Waals surface area (Å²) in [6, 6.07) is 54.4. The normalized spacial score (nSPS) is 26.0. The van der Waals surface area contributed by atoms with Crippen molar-refractivity contribution in [3.63, 3.8) is 0 Å². The van der Waals surface area contributed by atoms with Gasteiger partial charge in [0.25, 0.3) is 0 Å². The number of para-hydroxylation sites is 2. The van der Waals surface area contributed by atoms with E-state index in [1.54, 1.807) is 11.1 Å². The highest BCUT2D eigenvalue weighted by Gasteiger charge is 2.70. The van der Waals surface area contributed by atoms with E-state index in [0.29, 0.717) is 29.6 Å². The van der Waals surface area contributed by atoms with Gasteiger partial charge in [-0.2, -0.15) is 0 Å². The van der Waals surface area contributed by atoms with Gasteiger partial charge in [-0.15, -0.1) is 0 Å². The lowest BCUT2D eigenvalue weighted by Gasteiger charge is -2.48. The third-order valence-electron chi connectivity index (χ3n) is 15.3. The second kappa shape index (κ2) is 11.8. The van der Waals surface area contributed by atoms with Gasteiger partial charge in [0.1, 0.15) is 17.8 Å². The van der Waals surface area contributed by atoms with Crippen LogP contribution in [0, 0.1) is 17.8 Å². The van der Waals surface area contributed by atoms with Crippen molar-refractivity contribution in [1.29, 1.82) is 0 Å². The van der Waals surface area contributed by atoms with Crippen LogP contribution in [0.15, 0.2) is 163 Å². The maximum Gasteiger partial charge on any atom is 0.146 e. The summed E-state index contributed by atoms with van der Waals surface area (Å²) in [5.41, 5.74) is 28.7. The predicted octanol–water partition coefficient (Wildman–Crippen LogP) is 9.88. The molecule has 1 spiro atoms. The van der Waals surface area contributed by atoms with Gasteiger partial charge >= 0.3 is 0 Å². The number of aromatic nitrogens is 1. The molecule has 1 aromatic heterocycles. The molecule has 284 valence electrons. The molecule has 3 aliphatic carbocycles. The van der Waals surface area contributed by atoms with Gasteiger partial charge < -0.3 is 31.2 Å². The van der Waals surface area contributed by atoms with Gasteiger partial charge in [-0.25, -0.2) is 0 Å². The van der Waals surface area contributed by atoms with E-state index in [4.69, 9.17) is 11.5 Å². The summed E-state index contributed by atoms with van der Waals surface area (Å²) in [6.45, 7) is 0. The molecule has 6 nitrogen and oxygen atoms in total. The number of rotatable bonds is 3. The topological polar surface area (TPSA) is 75.5 Å². The number of hydrogen-bond acceptors (Lipinski definition) is 5. The average Bonchev–Trinajstić information content (AvgIpc) is 4.09. The molecule has 6 unspecified atom stereocenters. The molecule has 0 bridgehead atoms. The summed E-state index contributed by atoms with van der Waals surface area (Å²) in [6.07, 6.45) is 8.39. The summed E-state index contributed by atoms with van der Waals surface area (Å²) in [5, 5.41) is 6.38. The molecule has 1 saturated heterocycles. The number of hydrogen-bond donors (Lipinski definition) is 3. The van der Waals surface area contributed by atoms with Crippen molar-refractivity contribution in [2.45, 2.75) is 55.8 Å². The zero-order valence-electron chi connectivity index (χ0n) is 32.4. The fraction of sp³-hybridized carbons (Fsp3) is 0.231. The van der Waals surface area contributed by atoms with Crippen LogP contribution in [-0.4, -0.2) is 32.6 Å². The van der Waals surface area contributed by atoms with Crippen molar-refractivity contribution in [2.75, 3.05) is 0 Å². The minimum atomic E-state index is -0.0160. The Morgan fingerprint density at radius 2 is 1.28 bits per heavy atom. The van der Waals surface area contributed by atoms with Crippen molar-refractivity contribution in [3.05, 3.63) is 180 Å². The van der Waals surface area contributed by atoms with E-state index in [9.17, 15) is 0 Å². The second-order valence-electron chi connectivity index (χ2n) is 17.6. The van der Waals surface area contributed by atoms with Gasteiger partial charge in [-0.3, -0.25) is 0 Å². The summed E-state index contributed by atoms with van der Waals surface area (Å²) in [5.74, 6) is 3.03. The molecule has 0 amide bonds. The molecule has 3 fully saturated rings. The average molecular weight is 755 g/mol. The molecular weight excluding hydrogens is 709 g/mol. The van der Waals surface area contributed by atoms with E-state index in [2.05, 4.69) is 171 Å². The molecule has 5 N–H and O–H groups in total. The maximum absolute atomic E-state index is 7.36. The van der Waals surface area contributed by atoms with E-state index in [-0.39, 0.29) is 17.6 Å². The summed E-state index contributed by atoms with van der Waals surface area (Å²) in [4.78, 5) is 4.93. The smallest absolute Gasteiger partial charge is 0.146 e. The molecular formula is C52H46N6. The van der Waals surface area contributed by atoms with Crippen LogP contribution in [0.2, 0.25) is 0 Å². The molecule has 4 heterocycles. The molecule has 6 atom stereocenters. The Morgan fingerprint density at radius 3 is 2.10 bits per heavy atom. The van der Waals surface area contributed by atoms with E-state index < -0.39 is 0 Å². The Bertz CT molecular complexity index is 2860. The van der Waals surface area contributed by atoms with Crippen LogP contribution in [0.25, 0.3) is 55.4 Å². The first-order valence-corrected chi connectivity index (χ1v) is 21.3. The summed E-state index contributed by atoms with van der Waals surface area (Å²) < 4.78 is 2.37. The maximum atomic E-state index is 7.36. The lowest BCUT2D eigenvalue weighted by molar-refractivity contribution is 0.0806. The Hall–Kier alpha value is -6.40. The number of nitrogens with one attached hydrogen (secondary N) is 1. The molecule has 0 radical (unpaired) electrons. The molecule has 58 heavy (non-hydrogen) atoms. The highest BCUT2D eigenvalue weighted by molar-refractivity contribution is 6.10. The van der Waals surface area contributed by atoms with Crippen molar-refractivity contribution in [2.24, 2.45) is 29.2 Å². The quantitative estimate of drug-likeness (QED) is 0.168. The molecule has 6 aliphatic rings. The van der Waals surface area contributed by atoms with Gasteiger partial charge in [-0.1, -0.05) is 122 Å². The molecule has 6 heteroatoms. The minimum absolute atomic E-state index is 0.00278. The molecule has 7 aromatic rings. The fourth-order valence-electron chi connectivity index (χ4n) is 13.4. The Morgan fingerprint density at radius 1 is 0.586 bits per heavy atom. The number of benzene rings is 6. The van der Waals surface area contributed by atoms with Crippen LogP contribution < -0.4 is 16.8 Å². The van der Waals surface area contributed by atoms with Crippen LogP contribution in [0.5, 0.6) is 0 Å². The van der Waals surface area contributed by atoms with Crippen LogP contribution in [0.4, 0.5) is 0 Å². The standard InChI is InChI=1S/C52H46N6/c53-49-50(54)58-47(33-14-12-13-31(27-33)32-25-26-45-39(28-32)37-19-7-11-24-44(37)56(45)34-15-2-1-3-16-34)30-55-51(58)46-29-43-48(57(46)49)38-20-6-10-23-42(38)52(43)40-21-8-4-17-35(40)36-18-5-9-22-41(36)52/h1-5,7-9,11-19,21-22,24-28,30,38,42-43,46,48,51,55H,6,10,20,23,29,53-54H2. The third-order valence-corrected chi connectivity index (χ3v) is 15.3. The zero-order chi connectivity index (χ0) is 38.3. The molecule has 13 rings (SSSR count). The summed E-state index contributed by atoms with van der Waals surface area (Å²) >= 11 is 0. The van der Waals surface area contributed by atoms with E-state index in [1.165, 1.54) is 75.4 Å². The van der Waals surface area contributed by atoms with Gasteiger partial charge in [0.15, 0.2) is 0 Å². The molecule has 3 aliphatic heterocycles. The van der Waals surface area contributed by atoms with Crippen LogP contribution in [0.3, 0.4) is 0 Å². The first kappa shape index (κ1) is 32.7. The monoisotopic (exact) mass is 754 g/mol. The van der Waals surface area contributed by atoms with Crippen LogP contribution in [-0.2, 0) is 5.41 Å². The molecule has 2 saturated carbocycles. The number of nitrogens with two attached hydrogens (primary N) is 2. The van der Waals surface area contributed by atoms with Crippen molar-refractivity contribution in [1.82, 2.24) is 19.7 Å². The highest BCUT2D eigenvalue weighted by Crippen LogP contribution is 2.70. The largest absolute Gasteiger partial charge is 0.382 e. The fourth-order valence-corrected chi connectivity index (χ4v) is 13.4. The molecule has 6 aromatic carbocycles. The SMILES string of the molecule is NC1=C(N)N2C(CC3C2C2CCCCC2C32c3ccccc3-c3ccccc32)C2NC=C(c3cccc(-c4ccc5c(c4)c4ccccc4n5-c4ccccc4)c3)N12. The van der Waals surface area contributed by atoms with Gasteiger partial charge in [0, 0.05) is 39.7 Å².